The molecule has 0 aliphatic carbocycles. The third-order valence-electron chi connectivity index (χ3n) is 3.45. The Morgan fingerprint density at radius 1 is 1.28 bits per heavy atom. The van der Waals surface area contributed by atoms with Gasteiger partial charge in [-0.2, -0.15) is 0 Å². The molecule has 0 saturated carbocycles. The fourth-order valence-corrected chi connectivity index (χ4v) is 2.50. The zero-order valence-electron chi connectivity index (χ0n) is 11.0. The van der Waals surface area contributed by atoms with Crippen LogP contribution in [0.25, 0.3) is 0 Å². The van der Waals surface area contributed by atoms with Gasteiger partial charge in [0.1, 0.15) is 5.60 Å². The van der Waals surface area contributed by atoms with E-state index in [9.17, 15) is 9.59 Å². The zero-order chi connectivity index (χ0) is 13.5. The van der Waals surface area contributed by atoms with Gasteiger partial charge in [-0.05, 0) is 27.2 Å². The van der Waals surface area contributed by atoms with Crippen LogP contribution in [-0.2, 0) is 4.74 Å². The molecular formula is C12H20N2O4. The summed E-state index contributed by atoms with van der Waals surface area (Å²) in [6, 6.07) is -0.00954. The number of nitrogens with zero attached hydrogens (tertiary/aromatic N) is 2. The van der Waals surface area contributed by atoms with Crippen molar-refractivity contribution in [2.75, 3.05) is 19.6 Å². The summed E-state index contributed by atoms with van der Waals surface area (Å²) in [6.45, 7) is 7.14. The van der Waals surface area contributed by atoms with Gasteiger partial charge >= 0.3 is 12.2 Å². The lowest BCUT2D eigenvalue weighted by Crippen LogP contribution is -2.66. The summed E-state index contributed by atoms with van der Waals surface area (Å²) in [5, 5.41) is 8.97. The molecule has 102 valence electrons. The first kappa shape index (κ1) is 13.0. The Kier molecular flexibility index (Phi) is 3.12. The molecule has 2 aliphatic heterocycles. The van der Waals surface area contributed by atoms with Crippen LogP contribution in [0.15, 0.2) is 0 Å². The zero-order valence-corrected chi connectivity index (χ0v) is 11.0. The molecule has 0 bridgehead atoms. The van der Waals surface area contributed by atoms with Gasteiger partial charge in [-0.25, -0.2) is 9.59 Å². The van der Waals surface area contributed by atoms with E-state index >= 15 is 0 Å². The first-order valence-electron chi connectivity index (χ1n) is 6.25. The van der Waals surface area contributed by atoms with Crippen LogP contribution in [-0.4, -0.2) is 58.4 Å². The fourth-order valence-electron chi connectivity index (χ4n) is 2.50. The van der Waals surface area contributed by atoms with Crippen LogP contribution in [0.4, 0.5) is 9.59 Å². The van der Waals surface area contributed by atoms with Crippen molar-refractivity contribution >= 4 is 12.2 Å². The topological polar surface area (TPSA) is 70.1 Å². The molecular weight excluding hydrogens is 236 g/mol. The molecule has 6 heteroatoms. The van der Waals surface area contributed by atoms with Gasteiger partial charge in [-0.3, -0.25) is 0 Å². The van der Waals surface area contributed by atoms with Gasteiger partial charge in [0.2, 0.25) is 0 Å². The molecule has 0 aromatic heterocycles. The summed E-state index contributed by atoms with van der Waals surface area (Å²) < 4.78 is 5.31. The fraction of sp³-hybridized carbons (Fsp3) is 0.833. The van der Waals surface area contributed by atoms with Gasteiger partial charge in [0.05, 0.1) is 6.04 Å². The number of carbonyl (C=O) groups is 2. The second kappa shape index (κ2) is 4.33. The molecule has 0 spiro atoms. The van der Waals surface area contributed by atoms with Crippen molar-refractivity contribution in [2.45, 2.75) is 38.8 Å². The Morgan fingerprint density at radius 2 is 1.94 bits per heavy atom. The van der Waals surface area contributed by atoms with Gasteiger partial charge in [-0.15, -0.1) is 0 Å². The minimum Gasteiger partial charge on any atom is -0.465 e. The number of carboxylic acid groups (broad SMARTS) is 1. The van der Waals surface area contributed by atoms with Gasteiger partial charge in [-0.1, -0.05) is 0 Å². The minimum absolute atomic E-state index is 0.00954. The number of carbonyl (C=O) groups excluding carboxylic acids is 1. The van der Waals surface area contributed by atoms with Gasteiger partial charge in [0.25, 0.3) is 0 Å². The summed E-state index contributed by atoms with van der Waals surface area (Å²) >= 11 is 0. The normalized spacial score (nSPS) is 27.3. The Labute approximate surface area is 106 Å². The second-order valence-electron chi connectivity index (χ2n) is 5.98. The minimum atomic E-state index is -0.913. The lowest BCUT2D eigenvalue weighted by Gasteiger charge is -2.52. The monoisotopic (exact) mass is 256 g/mol. The summed E-state index contributed by atoms with van der Waals surface area (Å²) in [6.07, 6.45) is -0.420. The van der Waals surface area contributed by atoms with Crippen LogP contribution in [0.3, 0.4) is 0 Å². The van der Waals surface area contributed by atoms with E-state index in [4.69, 9.17) is 9.84 Å². The highest BCUT2D eigenvalue weighted by Crippen LogP contribution is 2.33. The number of fused-ring (bicyclic) bond motifs is 1. The van der Waals surface area contributed by atoms with Crippen molar-refractivity contribution in [3.05, 3.63) is 0 Å². The molecule has 2 heterocycles. The highest BCUT2D eigenvalue weighted by Gasteiger charge is 2.47. The number of ether oxygens (including phenoxy) is 1. The molecule has 0 unspecified atom stereocenters. The number of likely N-dealkylation sites (tertiary alicyclic amines) is 2. The van der Waals surface area contributed by atoms with Crippen LogP contribution in [0.5, 0.6) is 0 Å². The molecule has 2 amide bonds. The molecule has 0 aromatic rings. The van der Waals surface area contributed by atoms with E-state index in [-0.39, 0.29) is 12.1 Å². The predicted molar refractivity (Wildman–Crippen MR) is 64.4 cm³/mol. The summed E-state index contributed by atoms with van der Waals surface area (Å²) in [5.41, 5.74) is -0.511. The van der Waals surface area contributed by atoms with Crippen LogP contribution in [0, 0.1) is 5.92 Å². The predicted octanol–water partition coefficient (Wildman–Crippen LogP) is 1.61. The number of hydrogen-bond acceptors (Lipinski definition) is 3. The maximum absolute atomic E-state index is 11.9. The van der Waals surface area contributed by atoms with Gasteiger partial charge in [0.15, 0.2) is 0 Å². The molecule has 18 heavy (non-hydrogen) atoms. The standard InChI is InChI=1S/C12H20N2O4/c1-12(2,3)18-11(17)14-6-8-4-5-13(10(15)16)7-9(8)14/h8-9H,4-7H2,1-3H3,(H,15,16)/t8-,9-/m0/s1. The highest BCUT2D eigenvalue weighted by atomic mass is 16.6. The van der Waals surface area contributed by atoms with Gasteiger partial charge in [0, 0.05) is 25.6 Å². The Balaban J connectivity index is 1.94. The molecule has 2 aliphatic rings. The first-order valence-corrected chi connectivity index (χ1v) is 6.25. The summed E-state index contributed by atoms with van der Waals surface area (Å²) in [4.78, 5) is 25.9. The molecule has 2 atom stereocenters. The smallest absolute Gasteiger partial charge is 0.410 e. The lowest BCUT2D eigenvalue weighted by atomic mass is 9.83. The van der Waals surface area contributed by atoms with Crippen LogP contribution < -0.4 is 0 Å². The van der Waals surface area contributed by atoms with E-state index in [0.717, 1.165) is 6.42 Å². The molecule has 0 radical (unpaired) electrons. The van der Waals surface area contributed by atoms with Crippen molar-refractivity contribution in [1.29, 1.82) is 0 Å². The van der Waals surface area contributed by atoms with E-state index in [1.807, 2.05) is 20.8 Å². The van der Waals surface area contributed by atoms with Crippen LogP contribution >= 0.6 is 0 Å². The largest absolute Gasteiger partial charge is 0.465 e. The Morgan fingerprint density at radius 3 is 2.50 bits per heavy atom. The third kappa shape index (κ3) is 2.52. The summed E-state index contributed by atoms with van der Waals surface area (Å²) in [5.74, 6) is 0.424. The number of rotatable bonds is 0. The SMILES string of the molecule is CC(C)(C)OC(=O)N1C[C@@H]2CCN(C(=O)O)C[C@@H]21. The highest BCUT2D eigenvalue weighted by molar-refractivity contribution is 5.70. The maximum Gasteiger partial charge on any atom is 0.410 e. The number of piperidine rings is 1. The lowest BCUT2D eigenvalue weighted by molar-refractivity contribution is -0.0553. The molecule has 6 nitrogen and oxygen atoms in total. The summed E-state index contributed by atoms with van der Waals surface area (Å²) in [7, 11) is 0. The van der Waals surface area contributed by atoms with Gasteiger partial charge < -0.3 is 19.6 Å². The van der Waals surface area contributed by atoms with E-state index in [0.29, 0.717) is 25.6 Å². The van der Waals surface area contributed by atoms with E-state index < -0.39 is 11.7 Å². The molecule has 2 fully saturated rings. The van der Waals surface area contributed by atoms with Crippen LogP contribution in [0.2, 0.25) is 0 Å². The average molecular weight is 256 g/mol. The number of amides is 2. The molecule has 0 aromatic carbocycles. The molecule has 1 N–H and O–H groups in total. The van der Waals surface area contributed by atoms with Crippen LogP contribution in [0.1, 0.15) is 27.2 Å². The van der Waals surface area contributed by atoms with E-state index in [1.54, 1.807) is 4.90 Å². The van der Waals surface area contributed by atoms with E-state index in [1.165, 1.54) is 4.90 Å². The van der Waals surface area contributed by atoms with E-state index in [2.05, 4.69) is 0 Å². The number of hydrogen-bond donors (Lipinski definition) is 1. The van der Waals surface area contributed by atoms with Crippen molar-refractivity contribution in [2.24, 2.45) is 5.92 Å². The third-order valence-corrected chi connectivity index (χ3v) is 3.45. The Bertz CT molecular complexity index is 364. The quantitative estimate of drug-likeness (QED) is 0.714. The van der Waals surface area contributed by atoms with Crippen molar-refractivity contribution in [1.82, 2.24) is 9.80 Å². The first-order chi connectivity index (χ1) is 8.28. The van der Waals surface area contributed by atoms with Crippen molar-refractivity contribution in [3.63, 3.8) is 0 Å². The van der Waals surface area contributed by atoms with Crippen molar-refractivity contribution in [3.8, 4) is 0 Å². The average Bonchev–Trinajstić information content (AvgIpc) is 2.16. The maximum atomic E-state index is 11.9. The molecule has 2 rings (SSSR count). The van der Waals surface area contributed by atoms with Crippen molar-refractivity contribution < 1.29 is 19.4 Å². The molecule has 2 saturated heterocycles. The second-order valence-corrected chi connectivity index (χ2v) is 5.98. The Hall–Kier alpha value is -1.46.